The predicted octanol–water partition coefficient (Wildman–Crippen LogP) is 2.98. The molecule has 0 spiro atoms. The predicted molar refractivity (Wildman–Crippen MR) is 102 cm³/mol. The number of amides is 2. The molecule has 0 aromatic heterocycles. The van der Waals surface area contributed by atoms with Crippen LogP contribution in [0.3, 0.4) is 0 Å². The molecule has 1 heterocycles. The Kier molecular flexibility index (Phi) is 5.73. The summed E-state index contributed by atoms with van der Waals surface area (Å²) in [6, 6.07) is 11.1. The number of nitrogens with zero attached hydrogens (tertiary/aromatic N) is 1. The van der Waals surface area contributed by atoms with Crippen LogP contribution in [0.25, 0.3) is 0 Å². The molecular formula is C21H21FN2O4. The molecular weight excluding hydrogens is 363 g/mol. The van der Waals surface area contributed by atoms with E-state index in [4.69, 9.17) is 4.74 Å². The second kappa shape index (κ2) is 8.21. The van der Waals surface area contributed by atoms with Crippen molar-refractivity contribution in [3.05, 3.63) is 59.4 Å². The first-order valence-corrected chi connectivity index (χ1v) is 8.92. The highest BCUT2D eigenvalue weighted by Crippen LogP contribution is 2.26. The number of nitrogens with one attached hydrogen (secondary N) is 1. The Bertz CT molecular complexity index is 891. The summed E-state index contributed by atoms with van der Waals surface area (Å²) in [7, 11) is 0. The van der Waals surface area contributed by atoms with Gasteiger partial charge in [-0.15, -0.1) is 0 Å². The molecule has 0 aliphatic carbocycles. The van der Waals surface area contributed by atoms with Crippen molar-refractivity contribution in [2.24, 2.45) is 5.92 Å². The molecule has 28 heavy (non-hydrogen) atoms. The summed E-state index contributed by atoms with van der Waals surface area (Å²) in [6.45, 7) is 3.56. The molecule has 1 N–H and O–H groups in total. The van der Waals surface area contributed by atoms with Crippen LogP contribution < -0.4 is 10.2 Å². The molecule has 6 nitrogen and oxygen atoms in total. The van der Waals surface area contributed by atoms with E-state index in [-0.39, 0.29) is 18.9 Å². The number of rotatable bonds is 5. The highest BCUT2D eigenvalue weighted by molar-refractivity contribution is 6.00. The first-order chi connectivity index (χ1) is 13.3. The second-order valence-corrected chi connectivity index (χ2v) is 6.91. The number of carbonyl (C=O) groups excluding carboxylic acids is 3. The zero-order valence-electron chi connectivity index (χ0n) is 15.7. The lowest BCUT2D eigenvalue weighted by atomic mass is 10.1. The summed E-state index contributed by atoms with van der Waals surface area (Å²) in [5, 5.41) is 2.69. The van der Waals surface area contributed by atoms with Crippen molar-refractivity contribution in [1.29, 1.82) is 0 Å². The van der Waals surface area contributed by atoms with Gasteiger partial charge in [0.1, 0.15) is 5.82 Å². The van der Waals surface area contributed by atoms with Crippen LogP contribution in [0.1, 0.15) is 17.5 Å². The molecule has 1 unspecified atom stereocenters. The minimum atomic E-state index is -0.661. The van der Waals surface area contributed by atoms with E-state index in [1.807, 2.05) is 32.0 Å². The number of halogens is 1. The average Bonchev–Trinajstić information content (AvgIpc) is 3.01. The van der Waals surface area contributed by atoms with Gasteiger partial charge in [0, 0.05) is 24.3 Å². The highest BCUT2D eigenvalue weighted by Gasteiger charge is 2.36. The number of esters is 1. The molecule has 1 aliphatic heterocycles. The lowest BCUT2D eigenvalue weighted by molar-refractivity contribution is -0.151. The molecule has 0 radical (unpaired) electrons. The molecule has 1 saturated heterocycles. The zero-order valence-corrected chi connectivity index (χ0v) is 15.7. The summed E-state index contributed by atoms with van der Waals surface area (Å²) >= 11 is 0. The quantitative estimate of drug-likeness (QED) is 0.804. The van der Waals surface area contributed by atoms with Crippen LogP contribution in [-0.4, -0.2) is 30.9 Å². The summed E-state index contributed by atoms with van der Waals surface area (Å²) in [5.41, 5.74) is 3.18. The van der Waals surface area contributed by atoms with E-state index in [1.165, 1.54) is 29.2 Å². The van der Waals surface area contributed by atoms with Crippen molar-refractivity contribution in [1.82, 2.24) is 0 Å². The molecule has 1 aliphatic rings. The highest BCUT2D eigenvalue weighted by atomic mass is 19.1. The Labute approximate surface area is 162 Å². The van der Waals surface area contributed by atoms with E-state index in [2.05, 4.69) is 5.32 Å². The molecule has 1 fully saturated rings. The summed E-state index contributed by atoms with van der Waals surface area (Å²) in [4.78, 5) is 37.9. The standard InChI is InChI=1S/C21H21FN2O4/c1-13-7-14(2)9-17(8-13)23-19(25)12-28-21(27)15-10-20(26)24(11-15)18-5-3-16(22)4-6-18/h3-9,15H,10-12H2,1-2H3,(H,23,25). The van der Waals surface area contributed by atoms with Crippen LogP contribution in [0.5, 0.6) is 0 Å². The maximum Gasteiger partial charge on any atom is 0.311 e. The second-order valence-electron chi connectivity index (χ2n) is 6.91. The Morgan fingerprint density at radius 2 is 1.79 bits per heavy atom. The number of anilines is 2. The number of aryl methyl sites for hydroxylation is 2. The summed E-state index contributed by atoms with van der Waals surface area (Å²) in [5.74, 6) is -2.35. The van der Waals surface area contributed by atoms with Gasteiger partial charge in [0.05, 0.1) is 5.92 Å². The topological polar surface area (TPSA) is 75.7 Å². The van der Waals surface area contributed by atoms with Crippen molar-refractivity contribution < 1.29 is 23.5 Å². The maximum atomic E-state index is 13.0. The Balaban J connectivity index is 1.53. The maximum absolute atomic E-state index is 13.0. The first kappa shape index (κ1) is 19.5. The largest absolute Gasteiger partial charge is 0.455 e. The SMILES string of the molecule is Cc1cc(C)cc(NC(=O)COC(=O)C2CC(=O)N(c3ccc(F)cc3)C2)c1. The van der Waals surface area contributed by atoms with Crippen molar-refractivity contribution in [3.8, 4) is 0 Å². The van der Waals surface area contributed by atoms with Crippen molar-refractivity contribution in [3.63, 3.8) is 0 Å². The lowest BCUT2D eigenvalue weighted by Gasteiger charge is -2.16. The van der Waals surface area contributed by atoms with Crippen LogP contribution in [0.15, 0.2) is 42.5 Å². The Morgan fingerprint density at radius 3 is 2.43 bits per heavy atom. The van der Waals surface area contributed by atoms with E-state index < -0.39 is 30.2 Å². The lowest BCUT2D eigenvalue weighted by Crippen LogP contribution is -2.28. The normalized spacial score (nSPS) is 16.2. The number of benzene rings is 2. The van der Waals surface area contributed by atoms with Crippen molar-refractivity contribution in [2.75, 3.05) is 23.4 Å². The van der Waals surface area contributed by atoms with E-state index in [9.17, 15) is 18.8 Å². The molecule has 2 amide bonds. The van der Waals surface area contributed by atoms with Crippen molar-refractivity contribution >= 4 is 29.2 Å². The zero-order chi connectivity index (χ0) is 20.3. The van der Waals surface area contributed by atoms with Gasteiger partial charge >= 0.3 is 5.97 Å². The van der Waals surface area contributed by atoms with Crippen LogP contribution in [0.2, 0.25) is 0 Å². The van der Waals surface area contributed by atoms with Gasteiger partial charge < -0.3 is 15.0 Å². The smallest absolute Gasteiger partial charge is 0.311 e. The summed E-state index contributed by atoms with van der Waals surface area (Å²) in [6.07, 6.45) is -0.00506. The number of ether oxygens (including phenoxy) is 1. The molecule has 146 valence electrons. The molecule has 2 aromatic rings. The van der Waals surface area contributed by atoms with Gasteiger partial charge in [0.2, 0.25) is 5.91 Å². The monoisotopic (exact) mass is 384 g/mol. The Hall–Kier alpha value is -3.22. The van der Waals surface area contributed by atoms with Gasteiger partial charge in [-0.25, -0.2) is 4.39 Å². The van der Waals surface area contributed by atoms with E-state index in [1.54, 1.807) is 0 Å². The number of hydrogen-bond acceptors (Lipinski definition) is 4. The molecule has 0 saturated carbocycles. The van der Waals surface area contributed by atoms with E-state index in [0.717, 1.165) is 11.1 Å². The number of carbonyl (C=O) groups is 3. The van der Waals surface area contributed by atoms with Crippen LogP contribution in [0, 0.1) is 25.6 Å². The van der Waals surface area contributed by atoms with Gasteiger partial charge in [0.25, 0.3) is 5.91 Å². The van der Waals surface area contributed by atoms with Gasteiger partial charge in [-0.2, -0.15) is 0 Å². The Morgan fingerprint density at radius 1 is 1.14 bits per heavy atom. The fourth-order valence-electron chi connectivity index (χ4n) is 3.23. The first-order valence-electron chi connectivity index (χ1n) is 8.92. The van der Waals surface area contributed by atoms with Gasteiger partial charge in [-0.1, -0.05) is 6.07 Å². The van der Waals surface area contributed by atoms with Crippen LogP contribution in [-0.2, 0) is 19.1 Å². The van der Waals surface area contributed by atoms with Gasteiger partial charge in [-0.05, 0) is 61.4 Å². The average molecular weight is 384 g/mol. The summed E-state index contributed by atoms with van der Waals surface area (Å²) < 4.78 is 18.1. The molecule has 1 atom stereocenters. The molecule has 0 bridgehead atoms. The minimum Gasteiger partial charge on any atom is -0.455 e. The van der Waals surface area contributed by atoms with Crippen LogP contribution in [0.4, 0.5) is 15.8 Å². The van der Waals surface area contributed by atoms with Crippen LogP contribution >= 0.6 is 0 Å². The third kappa shape index (κ3) is 4.73. The third-order valence-electron chi connectivity index (χ3n) is 4.45. The van der Waals surface area contributed by atoms with Gasteiger partial charge in [-0.3, -0.25) is 14.4 Å². The van der Waals surface area contributed by atoms with Crippen molar-refractivity contribution in [2.45, 2.75) is 20.3 Å². The van der Waals surface area contributed by atoms with E-state index in [0.29, 0.717) is 11.4 Å². The third-order valence-corrected chi connectivity index (χ3v) is 4.45. The molecule has 2 aromatic carbocycles. The van der Waals surface area contributed by atoms with E-state index >= 15 is 0 Å². The minimum absolute atomic E-state index is 0.00506. The van der Waals surface area contributed by atoms with Gasteiger partial charge in [0.15, 0.2) is 6.61 Å². The fourth-order valence-corrected chi connectivity index (χ4v) is 3.23. The fraction of sp³-hybridized carbons (Fsp3) is 0.286. The molecule has 7 heteroatoms. The number of hydrogen-bond donors (Lipinski definition) is 1. The molecule has 3 rings (SSSR count).